The molecule has 0 amide bonds. The highest BCUT2D eigenvalue weighted by Crippen LogP contribution is 2.15. The number of aryl methyl sites for hydroxylation is 2. The molecule has 1 nitrogen and oxygen atoms in total. The van der Waals surface area contributed by atoms with E-state index in [0.717, 1.165) is 5.92 Å². The fourth-order valence-electron chi connectivity index (χ4n) is 1.53. The van der Waals surface area contributed by atoms with Crippen LogP contribution in [0.15, 0.2) is 12.3 Å². The van der Waals surface area contributed by atoms with E-state index >= 15 is 0 Å². The van der Waals surface area contributed by atoms with Gasteiger partial charge in [0.25, 0.3) is 0 Å². The van der Waals surface area contributed by atoms with Gasteiger partial charge < -0.3 is 4.57 Å². The first-order valence-electron chi connectivity index (χ1n) is 5.26. The first-order valence-corrected chi connectivity index (χ1v) is 5.26. The zero-order valence-corrected chi connectivity index (χ0v) is 9.30. The Morgan fingerprint density at radius 1 is 1.46 bits per heavy atom. The predicted octanol–water partition coefficient (Wildman–Crippen LogP) is 3.31. The van der Waals surface area contributed by atoms with Gasteiger partial charge in [-0.1, -0.05) is 20.3 Å². The van der Waals surface area contributed by atoms with Crippen LogP contribution in [0.2, 0.25) is 0 Å². The highest BCUT2D eigenvalue weighted by Gasteiger charge is 2.04. The zero-order chi connectivity index (χ0) is 9.84. The van der Waals surface area contributed by atoms with Gasteiger partial charge in [-0.25, -0.2) is 0 Å². The molecule has 1 atom stereocenters. The predicted molar refractivity (Wildman–Crippen MR) is 57.9 cm³/mol. The van der Waals surface area contributed by atoms with E-state index in [-0.39, 0.29) is 0 Å². The molecular formula is C12H21N. The van der Waals surface area contributed by atoms with Crippen LogP contribution in [0.25, 0.3) is 0 Å². The Balaban J connectivity index is 2.50. The molecule has 0 aliphatic heterocycles. The molecule has 0 aliphatic carbocycles. The Hall–Kier alpha value is -0.720. The van der Waals surface area contributed by atoms with Crippen LogP contribution in [0.3, 0.4) is 0 Å². The summed E-state index contributed by atoms with van der Waals surface area (Å²) in [7, 11) is 2.11. The highest BCUT2D eigenvalue weighted by molar-refractivity contribution is 5.20. The average Bonchev–Trinajstić information content (AvgIpc) is 2.44. The topological polar surface area (TPSA) is 4.93 Å². The lowest BCUT2D eigenvalue weighted by Gasteiger charge is -2.07. The van der Waals surface area contributed by atoms with Crippen molar-refractivity contribution in [1.82, 2.24) is 4.57 Å². The number of aromatic nitrogens is 1. The maximum atomic E-state index is 2.33. The molecule has 13 heavy (non-hydrogen) atoms. The molecule has 0 saturated carbocycles. The summed E-state index contributed by atoms with van der Waals surface area (Å²) >= 11 is 0. The van der Waals surface area contributed by atoms with Gasteiger partial charge in [-0.3, -0.25) is 0 Å². The number of hydrogen-bond acceptors (Lipinski definition) is 0. The van der Waals surface area contributed by atoms with Gasteiger partial charge in [-0.15, -0.1) is 0 Å². The fraction of sp³-hybridized carbons (Fsp3) is 0.667. The van der Waals surface area contributed by atoms with Gasteiger partial charge in [0.15, 0.2) is 0 Å². The van der Waals surface area contributed by atoms with Gasteiger partial charge in [0.2, 0.25) is 0 Å². The summed E-state index contributed by atoms with van der Waals surface area (Å²) in [6, 6.07) is 2.25. The molecule has 1 rings (SSSR count). The summed E-state index contributed by atoms with van der Waals surface area (Å²) < 4.78 is 2.20. The van der Waals surface area contributed by atoms with Crippen molar-refractivity contribution in [3.05, 3.63) is 23.5 Å². The minimum Gasteiger partial charge on any atom is -0.354 e. The maximum absolute atomic E-state index is 2.33. The van der Waals surface area contributed by atoms with Crippen molar-refractivity contribution in [2.75, 3.05) is 0 Å². The van der Waals surface area contributed by atoms with E-state index in [1.54, 1.807) is 0 Å². The molecule has 0 aromatic carbocycles. The fourth-order valence-corrected chi connectivity index (χ4v) is 1.53. The molecule has 1 heteroatoms. The summed E-state index contributed by atoms with van der Waals surface area (Å²) in [5.74, 6) is 0.861. The van der Waals surface area contributed by atoms with Crippen molar-refractivity contribution in [3.8, 4) is 0 Å². The van der Waals surface area contributed by atoms with Crippen molar-refractivity contribution in [2.45, 2.75) is 40.0 Å². The SMILES string of the molecule is CCC(C)CCc1ccn(C)c1C. The van der Waals surface area contributed by atoms with Crippen LogP contribution >= 0.6 is 0 Å². The van der Waals surface area contributed by atoms with Gasteiger partial charge in [0, 0.05) is 18.9 Å². The molecule has 0 bridgehead atoms. The Labute approximate surface area is 81.8 Å². The van der Waals surface area contributed by atoms with Crippen LogP contribution in [-0.4, -0.2) is 4.57 Å². The van der Waals surface area contributed by atoms with E-state index < -0.39 is 0 Å². The van der Waals surface area contributed by atoms with Crippen LogP contribution in [-0.2, 0) is 13.5 Å². The number of nitrogens with zero attached hydrogens (tertiary/aromatic N) is 1. The lowest BCUT2D eigenvalue weighted by atomic mass is 9.99. The number of hydrogen-bond donors (Lipinski definition) is 0. The quantitative estimate of drug-likeness (QED) is 0.668. The van der Waals surface area contributed by atoms with Crippen LogP contribution in [0.5, 0.6) is 0 Å². The third-order valence-electron chi connectivity index (χ3n) is 3.10. The average molecular weight is 179 g/mol. The Morgan fingerprint density at radius 3 is 2.62 bits per heavy atom. The van der Waals surface area contributed by atoms with Crippen molar-refractivity contribution in [2.24, 2.45) is 13.0 Å². The van der Waals surface area contributed by atoms with E-state index in [0.29, 0.717) is 0 Å². The van der Waals surface area contributed by atoms with E-state index in [1.807, 2.05) is 0 Å². The Morgan fingerprint density at radius 2 is 2.15 bits per heavy atom. The Kier molecular flexibility index (Phi) is 3.58. The van der Waals surface area contributed by atoms with E-state index in [9.17, 15) is 0 Å². The molecule has 0 spiro atoms. The van der Waals surface area contributed by atoms with Crippen LogP contribution in [0, 0.1) is 12.8 Å². The standard InChI is InChI=1S/C12H21N/c1-5-10(2)6-7-12-8-9-13(4)11(12)3/h8-10H,5-7H2,1-4H3. The molecular weight excluding hydrogens is 158 g/mol. The Bertz CT molecular complexity index is 260. The third-order valence-corrected chi connectivity index (χ3v) is 3.10. The van der Waals surface area contributed by atoms with Crippen molar-refractivity contribution in [1.29, 1.82) is 0 Å². The summed E-state index contributed by atoms with van der Waals surface area (Å²) in [6.07, 6.45) is 6.01. The number of rotatable bonds is 4. The first-order chi connectivity index (χ1) is 6.15. The molecule has 1 heterocycles. The minimum atomic E-state index is 0.861. The lowest BCUT2D eigenvalue weighted by molar-refractivity contribution is 0.516. The van der Waals surface area contributed by atoms with Gasteiger partial charge >= 0.3 is 0 Å². The van der Waals surface area contributed by atoms with Crippen molar-refractivity contribution >= 4 is 0 Å². The molecule has 74 valence electrons. The zero-order valence-electron chi connectivity index (χ0n) is 9.30. The maximum Gasteiger partial charge on any atom is 0.0172 e. The second kappa shape index (κ2) is 4.50. The molecule has 1 unspecified atom stereocenters. The van der Waals surface area contributed by atoms with E-state index in [4.69, 9.17) is 0 Å². The van der Waals surface area contributed by atoms with Crippen LogP contribution in [0.1, 0.15) is 37.9 Å². The molecule has 0 N–H and O–H groups in total. The molecule has 0 aliphatic rings. The molecule has 1 aromatic heterocycles. The largest absolute Gasteiger partial charge is 0.354 e. The van der Waals surface area contributed by atoms with E-state index in [2.05, 4.69) is 44.6 Å². The monoisotopic (exact) mass is 179 g/mol. The van der Waals surface area contributed by atoms with Crippen molar-refractivity contribution < 1.29 is 0 Å². The summed E-state index contributed by atoms with van der Waals surface area (Å²) in [5, 5.41) is 0. The van der Waals surface area contributed by atoms with E-state index in [1.165, 1.54) is 30.5 Å². The molecule has 1 aromatic rings. The van der Waals surface area contributed by atoms with Crippen molar-refractivity contribution in [3.63, 3.8) is 0 Å². The van der Waals surface area contributed by atoms with Crippen LogP contribution < -0.4 is 0 Å². The van der Waals surface area contributed by atoms with Gasteiger partial charge in [-0.05, 0) is 37.3 Å². The first kappa shape index (κ1) is 10.4. The molecule has 0 fully saturated rings. The molecule has 0 radical (unpaired) electrons. The smallest absolute Gasteiger partial charge is 0.0172 e. The van der Waals surface area contributed by atoms with Gasteiger partial charge in [-0.2, -0.15) is 0 Å². The summed E-state index contributed by atoms with van der Waals surface area (Å²) in [4.78, 5) is 0. The van der Waals surface area contributed by atoms with Crippen LogP contribution in [0.4, 0.5) is 0 Å². The normalized spacial score (nSPS) is 13.2. The lowest BCUT2D eigenvalue weighted by Crippen LogP contribution is -1.97. The summed E-state index contributed by atoms with van der Waals surface area (Å²) in [5.41, 5.74) is 2.94. The second-order valence-corrected chi connectivity index (χ2v) is 4.09. The molecule has 0 saturated heterocycles. The minimum absolute atomic E-state index is 0.861. The second-order valence-electron chi connectivity index (χ2n) is 4.09. The third kappa shape index (κ3) is 2.61. The van der Waals surface area contributed by atoms with Gasteiger partial charge in [0.1, 0.15) is 0 Å². The highest BCUT2D eigenvalue weighted by atomic mass is 14.9. The summed E-state index contributed by atoms with van der Waals surface area (Å²) in [6.45, 7) is 6.80. The van der Waals surface area contributed by atoms with Gasteiger partial charge in [0.05, 0.1) is 0 Å².